The molecule has 0 spiro atoms. The Morgan fingerprint density at radius 3 is 2.10 bits per heavy atom. The van der Waals surface area contributed by atoms with Crippen molar-refractivity contribution in [1.29, 1.82) is 0 Å². The minimum atomic E-state index is -1.44. The highest BCUT2D eigenvalue weighted by Gasteiger charge is 2.12. The maximum absolute atomic E-state index is 11.5. The molecule has 0 aliphatic carbocycles. The summed E-state index contributed by atoms with van der Waals surface area (Å²) in [6, 6.07) is 0. The van der Waals surface area contributed by atoms with E-state index in [1.807, 2.05) is 0 Å². The zero-order valence-corrected chi connectivity index (χ0v) is 5.15. The van der Waals surface area contributed by atoms with E-state index in [1.165, 1.54) is 0 Å². The standard InChI is InChI=1S/C5H7F3O2/c6-1-4(2-7)10-5(9)3-8/h4H,1-3H2. The summed E-state index contributed by atoms with van der Waals surface area (Å²) in [6.45, 7) is -3.60. The fraction of sp³-hybridized carbons (Fsp3) is 0.800. The lowest BCUT2D eigenvalue weighted by Gasteiger charge is -2.07. The van der Waals surface area contributed by atoms with Crippen molar-refractivity contribution in [3.05, 3.63) is 0 Å². The maximum Gasteiger partial charge on any atom is 0.338 e. The van der Waals surface area contributed by atoms with Crippen LogP contribution in [0.4, 0.5) is 13.2 Å². The fourth-order valence-electron chi connectivity index (χ4n) is 0.322. The van der Waals surface area contributed by atoms with E-state index in [4.69, 9.17) is 0 Å². The van der Waals surface area contributed by atoms with Crippen LogP contribution < -0.4 is 0 Å². The van der Waals surface area contributed by atoms with Gasteiger partial charge in [-0.15, -0.1) is 0 Å². The molecule has 0 saturated heterocycles. The molecule has 0 aliphatic rings. The second-order valence-electron chi connectivity index (χ2n) is 1.55. The molecule has 0 radical (unpaired) electrons. The lowest BCUT2D eigenvalue weighted by molar-refractivity contribution is -0.151. The van der Waals surface area contributed by atoms with Gasteiger partial charge in [-0.1, -0.05) is 0 Å². The van der Waals surface area contributed by atoms with Crippen molar-refractivity contribution in [3.63, 3.8) is 0 Å². The van der Waals surface area contributed by atoms with E-state index in [-0.39, 0.29) is 0 Å². The summed E-state index contributed by atoms with van der Waals surface area (Å²) in [5.41, 5.74) is 0. The average Bonchev–Trinajstić information content (AvgIpc) is 1.99. The molecule has 0 N–H and O–H groups in total. The smallest absolute Gasteiger partial charge is 0.338 e. The normalized spacial score (nSPS) is 10.0. The highest BCUT2D eigenvalue weighted by molar-refractivity contribution is 5.70. The van der Waals surface area contributed by atoms with E-state index in [9.17, 15) is 18.0 Å². The van der Waals surface area contributed by atoms with Gasteiger partial charge in [0.1, 0.15) is 13.3 Å². The summed E-state index contributed by atoms with van der Waals surface area (Å²) in [5.74, 6) is -1.24. The summed E-state index contributed by atoms with van der Waals surface area (Å²) in [4.78, 5) is 10.0. The van der Waals surface area contributed by atoms with Crippen molar-refractivity contribution >= 4 is 5.97 Å². The summed E-state index contributed by atoms with van der Waals surface area (Å²) in [5, 5.41) is 0. The summed E-state index contributed by atoms with van der Waals surface area (Å²) < 4.78 is 38.3. The van der Waals surface area contributed by atoms with Gasteiger partial charge in [-0.05, 0) is 0 Å². The van der Waals surface area contributed by atoms with Crippen LogP contribution in [0.5, 0.6) is 0 Å². The van der Waals surface area contributed by atoms with Crippen molar-refractivity contribution in [2.45, 2.75) is 6.10 Å². The first kappa shape index (κ1) is 9.26. The van der Waals surface area contributed by atoms with Crippen molar-refractivity contribution in [3.8, 4) is 0 Å². The second kappa shape index (κ2) is 5.08. The molecular weight excluding hydrogens is 149 g/mol. The Labute approximate surface area is 56.0 Å². The zero-order valence-electron chi connectivity index (χ0n) is 5.15. The van der Waals surface area contributed by atoms with Gasteiger partial charge in [0.15, 0.2) is 12.8 Å². The number of carbonyl (C=O) groups is 1. The van der Waals surface area contributed by atoms with Gasteiger partial charge in [0.25, 0.3) is 0 Å². The van der Waals surface area contributed by atoms with Crippen molar-refractivity contribution in [1.82, 2.24) is 0 Å². The van der Waals surface area contributed by atoms with Crippen molar-refractivity contribution in [2.24, 2.45) is 0 Å². The molecule has 0 aliphatic heterocycles. The molecule has 0 aromatic heterocycles. The van der Waals surface area contributed by atoms with E-state index in [2.05, 4.69) is 4.74 Å². The van der Waals surface area contributed by atoms with Gasteiger partial charge in [0, 0.05) is 0 Å². The minimum absolute atomic E-state index is 1.12. The lowest BCUT2D eigenvalue weighted by Crippen LogP contribution is -2.22. The first-order chi connectivity index (χ1) is 4.74. The number of rotatable bonds is 4. The molecule has 0 atom stereocenters. The monoisotopic (exact) mass is 156 g/mol. The van der Waals surface area contributed by atoms with Gasteiger partial charge in [-0.25, -0.2) is 18.0 Å². The first-order valence-corrected chi connectivity index (χ1v) is 2.62. The molecule has 0 fully saturated rings. The number of alkyl halides is 3. The number of ether oxygens (including phenoxy) is 1. The summed E-state index contributed by atoms with van der Waals surface area (Å²) in [7, 11) is 0. The molecule has 5 heteroatoms. The van der Waals surface area contributed by atoms with E-state index >= 15 is 0 Å². The highest BCUT2D eigenvalue weighted by atomic mass is 19.1. The van der Waals surface area contributed by atoms with Crippen molar-refractivity contribution < 1.29 is 22.7 Å². The van der Waals surface area contributed by atoms with Crippen molar-refractivity contribution in [2.75, 3.05) is 20.0 Å². The third kappa shape index (κ3) is 3.32. The van der Waals surface area contributed by atoms with Crippen LogP contribution >= 0.6 is 0 Å². The molecule has 2 nitrogen and oxygen atoms in total. The van der Waals surface area contributed by atoms with Gasteiger partial charge >= 0.3 is 5.97 Å². The Bertz CT molecular complexity index is 103. The summed E-state index contributed by atoms with van der Waals surface area (Å²) in [6.07, 6.45) is -1.44. The molecule has 10 heavy (non-hydrogen) atoms. The number of hydrogen-bond acceptors (Lipinski definition) is 2. The summed E-state index contributed by atoms with van der Waals surface area (Å²) >= 11 is 0. The molecule has 0 aromatic carbocycles. The van der Waals surface area contributed by atoms with Crippen LogP contribution in [-0.2, 0) is 9.53 Å². The number of halogens is 3. The van der Waals surface area contributed by atoms with Gasteiger partial charge < -0.3 is 4.74 Å². The lowest BCUT2D eigenvalue weighted by atomic mass is 10.4. The zero-order chi connectivity index (χ0) is 7.98. The molecule has 0 rings (SSSR count). The Balaban J connectivity index is 3.52. The first-order valence-electron chi connectivity index (χ1n) is 2.62. The van der Waals surface area contributed by atoms with Gasteiger partial charge in [0.05, 0.1) is 0 Å². The van der Waals surface area contributed by atoms with Gasteiger partial charge in [-0.2, -0.15) is 0 Å². The topological polar surface area (TPSA) is 26.3 Å². The molecule has 0 bridgehead atoms. The van der Waals surface area contributed by atoms with E-state index in [0.717, 1.165) is 0 Å². The van der Waals surface area contributed by atoms with E-state index in [1.54, 1.807) is 0 Å². The largest absolute Gasteiger partial charge is 0.455 e. The van der Waals surface area contributed by atoms with Crippen LogP contribution in [-0.4, -0.2) is 32.1 Å². The number of carbonyl (C=O) groups excluding carboxylic acids is 1. The fourth-order valence-corrected chi connectivity index (χ4v) is 0.322. The van der Waals surface area contributed by atoms with Crippen LogP contribution in [0.2, 0.25) is 0 Å². The maximum atomic E-state index is 11.5. The molecule has 60 valence electrons. The minimum Gasteiger partial charge on any atom is -0.455 e. The number of hydrogen-bond donors (Lipinski definition) is 0. The second-order valence-corrected chi connectivity index (χ2v) is 1.55. The molecular formula is C5H7F3O2. The van der Waals surface area contributed by atoms with Gasteiger partial charge in [-0.3, -0.25) is 0 Å². The van der Waals surface area contributed by atoms with Crippen LogP contribution in [0.15, 0.2) is 0 Å². The van der Waals surface area contributed by atoms with E-state index < -0.39 is 32.1 Å². The predicted octanol–water partition coefficient (Wildman–Crippen LogP) is 0.807. The molecule has 0 heterocycles. The Hall–Kier alpha value is -0.740. The molecule has 0 saturated carbocycles. The molecule has 0 unspecified atom stereocenters. The van der Waals surface area contributed by atoms with Crippen LogP contribution in [0.25, 0.3) is 0 Å². The third-order valence-corrected chi connectivity index (χ3v) is 0.751. The Morgan fingerprint density at radius 2 is 1.80 bits per heavy atom. The third-order valence-electron chi connectivity index (χ3n) is 0.751. The SMILES string of the molecule is O=C(CF)OC(CF)CF. The average molecular weight is 156 g/mol. The highest BCUT2D eigenvalue weighted by Crippen LogP contribution is 1.95. The number of esters is 1. The van der Waals surface area contributed by atoms with Crippen LogP contribution in [0, 0.1) is 0 Å². The van der Waals surface area contributed by atoms with E-state index in [0.29, 0.717) is 0 Å². The Kier molecular flexibility index (Phi) is 4.70. The predicted molar refractivity (Wildman–Crippen MR) is 27.8 cm³/mol. The van der Waals surface area contributed by atoms with Crippen LogP contribution in [0.1, 0.15) is 0 Å². The molecule has 0 amide bonds. The Morgan fingerprint density at radius 1 is 1.30 bits per heavy atom. The quantitative estimate of drug-likeness (QED) is 0.563. The molecule has 0 aromatic rings. The van der Waals surface area contributed by atoms with Crippen LogP contribution in [0.3, 0.4) is 0 Å². The van der Waals surface area contributed by atoms with Gasteiger partial charge in [0.2, 0.25) is 0 Å².